The zero-order chi connectivity index (χ0) is 15.5. The van der Waals surface area contributed by atoms with Crippen molar-refractivity contribution in [2.45, 2.75) is 18.4 Å². The number of rotatable bonds is 4. The third-order valence-electron chi connectivity index (χ3n) is 4.14. The maximum Gasteiger partial charge on any atom is 0.185 e. The van der Waals surface area contributed by atoms with Crippen LogP contribution < -0.4 is 10.1 Å². The maximum atomic E-state index is 12.7. The van der Waals surface area contributed by atoms with Gasteiger partial charge >= 0.3 is 0 Å². The van der Waals surface area contributed by atoms with E-state index in [9.17, 15) is 4.79 Å². The lowest BCUT2D eigenvalue weighted by molar-refractivity contribution is 0.0962. The van der Waals surface area contributed by atoms with Gasteiger partial charge in [0.05, 0.1) is 13.2 Å². The minimum atomic E-state index is -0.230. The van der Waals surface area contributed by atoms with Crippen molar-refractivity contribution in [3.8, 4) is 5.75 Å². The second kappa shape index (κ2) is 6.06. The van der Waals surface area contributed by atoms with Crippen LogP contribution in [0.1, 0.15) is 28.3 Å². The molecule has 2 atom stereocenters. The summed E-state index contributed by atoms with van der Waals surface area (Å²) >= 11 is 0. The Morgan fingerprint density at radius 2 is 2.05 bits per heavy atom. The van der Waals surface area contributed by atoms with Crippen LogP contribution in [0, 0.1) is 0 Å². The van der Waals surface area contributed by atoms with Crippen LogP contribution in [0.2, 0.25) is 0 Å². The first-order valence-corrected chi connectivity index (χ1v) is 7.39. The van der Waals surface area contributed by atoms with Gasteiger partial charge in [-0.3, -0.25) is 4.79 Å². The number of carbonyl (C=O) groups excluding carboxylic acids is 1. The summed E-state index contributed by atoms with van der Waals surface area (Å²) in [5.41, 5.74) is 2.84. The first-order valence-electron chi connectivity index (χ1n) is 7.39. The second-order valence-electron chi connectivity index (χ2n) is 5.46. The van der Waals surface area contributed by atoms with E-state index >= 15 is 0 Å². The molecule has 0 bridgehead atoms. The van der Waals surface area contributed by atoms with Gasteiger partial charge in [-0.2, -0.15) is 0 Å². The summed E-state index contributed by atoms with van der Waals surface area (Å²) in [4.78, 5) is 12.7. The summed E-state index contributed by atoms with van der Waals surface area (Å²) in [6, 6.07) is 15.1. The van der Waals surface area contributed by atoms with Gasteiger partial charge in [0.25, 0.3) is 0 Å². The molecule has 0 saturated heterocycles. The van der Waals surface area contributed by atoms with Crippen molar-refractivity contribution in [1.29, 1.82) is 0 Å². The number of fused-ring (bicyclic) bond motifs is 1. The van der Waals surface area contributed by atoms with E-state index in [2.05, 4.69) is 11.9 Å². The number of methoxy groups -OCH3 is 1. The molecule has 2 unspecified atom stereocenters. The van der Waals surface area contributed by atoms with Crippen LogP contribution >= 0.6 is 0 Å². The molecule has 2 aromatic carbocycles. The number of allylic oxidation sites excluding steroid dienone is 1. The Kier molecular flexibility index (Phi) is 3.96. The maximum absolute atomic E-state index is 12.7. The minimum absolute atomic E-state index is 0.119. The van der Waals surface area contributed by atoms with Crippen LogP contribution in [0.15, 0.2) is 61.2 Å². The molecule has 1 heterocycles. The number of carbonyl (C=O) groups is 1. The summed E-state index contributed by atoms with van der Waals surface area (Å²) in [5.74, 6) is 1.08. The molecule has 0 spiro atoms. The Balaban J connectivity index is 1.91. The van der Waals surface area contributed by atoms with Crippen LogP contribution in [-0.4, -0.2) is 18.9 Å². The molecule has 0 aliphatic carbocycles. The monoisotopic (exact) mass is 293 g/mol. The number of ether oxygens (including phenoxy) is 1. The normalized spacial score (nSPS) is 19.7. The first-order chi connectivity index (χ1) is 10.7. The van der Waals surface area contributed by atoms with E-state index in [1.54, 1.807) is 7.11 Å². The van der Waals surface area contributed by atoms with Crippen molar-refractivity contribution in [3.05, 3.63) is 72.3 Å². The number of ketones is 1. The Morgan fingerprint density at radius 1 is 1.27 bits per heavy atom. The van der Waals surface area contributed by atoms with E-state index in [-0.39, 0.29) is 17.7 Å². The molecule has 3 heteroatoms. The molecule has 0 amide bonds. The van der Waals surface area contributed by atoms with Gasteiger partial charge in [-0.1, -0.05) is 36.4 Å². The van der Waals surface area contributed by atoms with E-state index < -0.39 is 0 Å². The lowest BCUT2D eigenvalue weighted by Crippen LogP contribution is -2.35. The SMILES string of the molecule is C=CC1CC(C(=O)c2ccccc2)Nc2ccc(OC)cc21. The highest BCUT2D eigenvalue weighted by Crippen LogP contribution is 2.37. The van der Waals surface area contributed by atoms with Crippen LogP contribution in [0.3, 0.4) is 0 Å². The van der Waals surface area contributed by atoms with Crippen molar-refractivity contribution < 1.29 is 9.53 Å². The summed E-state index contributed by atoms with van der Waals surface area (Å²) in [6.07, 6.45) is 2.61. The smallest absolute Gasteiger partial charge is 0.185 e. The number of anilines is 1. The summed E-state index contributed by atoms with van der Waals surface area (Å²) in [5, 5.41) is 3.36. The quantitative estimate of drug-likeness (QED) is 0.683. The van der Waals surface area contributed by atoms with Crippen molar-refractivity contribution in [2.75, 3.05) is 12.4 Å². The predicted molar refractivity (Wildman–Crippen MR) is 88.7 cm³/mol. The van der Waals surface area contributed by atoms with Crippen LogP contribution in [0.25, 0.3) is 0 Å². The summed E-state index contributed by atoms with van der Waals surface area (Å²) in [6.45, 7) is 3.93. The van der Waals surface area contributed by atoms with Crippen molar-refractivity contribution in [3.63, 3.8) is 0 Å². The van der Waals surface area contributed by atoms with E-state index in [1.165, 1.54) is 0 Å². The van der Waals surface area contributed by atoms with Gasteiger partial charge in [-0.05, 0) is 30.2 Å². The van der Waals surface area contributed by atoms with Gasteiger partial charge in [-0.15, -0.1) is 6.58 Å². The third kappa shape index (κ3) is 2.62. The fourth-order valence-corrected chi connectivity index (χ4v) is 2.93. The first kappa shape index (κ1) is 14.4. The highest BCUT2D eigenvalue weighted by Gasteiger charge is 2.30. The van der Waals surface area contributed by atoms with E-state index in [4.69, 9.17) is 4.74 Å². The molecule has 3 nitrogen and oxygen atoms in total. The Morgan fingerprint density at radius 3 is 2.73 bits per heavy atom. The largest absolute Gasteiger partial charge is 0.497 e. The van der Waals surface area contributed by atoms with Gasteiger partial charge in [0.2, 0.25) is 0 Å². The fraction of sp³-hybridized carbons (Fsp3) is 0.211. The molecule has 0 saturated carbocycles. The molecule has 0 radical (unpaired) electrons. The summed E-state index contributed by atoms with van der Waals surface area (Å²) in [7, 11) is 1.66. The molecule has 3 rings (SSSR count). The minimum Gasteiger partial charge on any atom is -0.497 e. The van der Waals surface area contributed by atoms with Crippen LogP contribution in [0.5, 0.6) is 5.75 Å². The van der Waals surface area contributed by atoms with Gasteiger partial charge in [0.1, 0.15) is 5.75 Å². The Bertz CT molecular complexity index is 694. The van der Waals surface area contributed by atoms with Gasteiger partial charge in [-0.25, -0.2) is 0 Å². The number of hydrogen-bond donors (Lipinski definition) is 1. The van der Waals surface area contributed by atoms with E-state index in [0.717, 1.165) is 22.6 Å². The van der Waals surface area contributed by atoms with E-state index in [0.29, 0.717) is 6.42 Å². The van der Waals surface area contributed by atoms with Crippen LogP contribution in [0.4, 0.5) is 5.69 Å². The lowest BCUT2D eigenvalue weighted by Gasteiger charge is -2.31. The highest BCUT2D eigenvalue weighted by atomic mass is 16.5. The molecular weight excluding hydrogens is 274 g/mol. The van der Waals surface area contributed by atoms with Crippen molar-refractivity contribution in [1.82, 2.24) is 0 Å². The number of hydrogen-bond acceptors (Lipinski definition) is 3. The number of Topliss-reactive ketones (excluding diaryl/α,β-unsaturated/α-hetero) is 1. The molecule has 1 N–H and O–H groups in total. The zero-order valence-electron chi connectivity index (χ0n) is 12.6. The van der Waals surface area contributed by atoms with Gasteiger partial charge in [0, 0.05) is 17.2 Å². The molecule has 1 aliphatic heterocycles. The van der Waals surface area contributed by atoms with Gasteiger partial charge < -0.3 is 10.1 Å². The Hall–Kier alpha value is -2.55. The van der Waals surface area contributed by atoms with Crippen molar-refractivity contribution >= 4 is 11.5 Å². The molecule has 112 valence electrons. The molecule has 2 aromatic rings. The Labute approximate surface area is 130 Å². The molecule has 0 fully saturated rings. The lowest BCUT2D eigenvalue weighted by atomic mass is 9.84. The van der Waals surface area contributed by atoms with Crippen LogP contribution in [-0.2, 0) is 0 Å². The highest BCUT2D eigenvalue weighted by molar-refractivity contribution is 6.02. The zero-order valence-corrected chi connectivity index (χ0v) is 12.6. The molecule has 0 aromatic heterocycles. The standard InChI is InChI=1S/C19H19NO2/c1-3-13-11-18(19(21)14-7-5-4-6-8-14)20-17-10-9-15(22-2)12-16(13)17/h3-10,12-13,18,20H,1,11H2,2H3. The summed E-state index contributed by atoms with van der Waals surface area (Å²) < 4.78 is 5.29. The predicted octanol–water partition coefficient (Wildman–Crippen LogP) is 4.03. The van der Waals surface area contributed by atoms with Crippen molar-refractivity contribution in [2.24, 2.45) is 0 Å². The fourth-order valence-electron chi connectivity index (χ4n) is 2.93. The third-order valence-corrected chi connectivity index (χ3v) is 4.14. The molecule has 1 aliphatic rings. The average Bonchev–Trinajstić information content (AvgIpc) is 2.60. The van der Waals surface area contributed by atoms with Gasteiger partial charge in [0.15, 0.2) is 5.78 Å². The number of benzene rings is 2. The molecular formula is C19H19NO2. The number of nitrogens with one attached hydrogen (secondary N) is 1. The van der Waals surface area contributed by atoms with E-state index in [1.807, 2.05) is 54.6 Å². The molecule has 22 heavy (non-hydrogen) atoms. The topological polar surface area (TPSA) is 38.3 Å². The second-order valence-corrected chi connectivity index (χ2v) is 5.46. The average molecular weight is 293 g/mol.